The number of nitrogens with one attached hydrogen (secondary N) is 1. The van der Waals surface area contributed by atoms with E-state index in [2.05, 4.69) is 27.3 Å². The summed E-state index contributed by atoms with van der Waals surface area (Å²) in [6.45, 7) is 1.69. The molecule has 0 radical (unpaired) electrons. The lowest BCUT2D eigenvalue weighted by Gasteiger charge is -2.29. The van der Waals surface area contributed by atoms with Crippen molar-refractivity contribution in [1.29, 1.82) is 0 Å². The summed E-state index contributed by atoms with van der Waals surface area (Å²) in [5.74, 6) is 0.499. The van der Waals surface area contributed by atoms with Crippen LogP contribution in [0.25, 0.3) is 11.0 Å². The molecule has 0 spiro atoms. The number of fused-ring (bicyclic) bond motifs is 1. The molecule has 2 aliphatic rings. The third-order valence-corrected chi connectivity index (χ3v) is 8.27. The van der Waals surface area contributed by atoms with Gasteiger partial charge in [0.05, 0.1) is 24.8 Å². The molecule has 0 bridgehead atoms. The Balaban J connectivity index is 1.58. The van der Waals surface area contributed by atoms with Crippen molar-refractivity contribution < 1.29 is 39.1 Å². The molecule has 2 aromatic rings. The molecule has 2 fully saturated rings. The molecular weight excluding hydrogens is 493 g/mol. The largest absolute Gasteiger partial charge is 0.393 e. The fraction of sp³-hybridized carbons (Fsp3) is 0.737. The zero-order valence-electron chi connectivity index (χ0n) is 18.7. The number of aliphatic hydroxyl groups is 3. The maximum Gasteiger partial charge on any atom is 0.359 e. The fourth-order valence-corrected chi connectivity index (χ4v) is 4.89. The number of nitrogens with zero attached hydrogens (tertiary/aromatic N) is 4. The van der Waals surface area contributed by atoms with E-state index in [0.29, 0.717) is 11.2 Å². The van der Waals surface area contributed by atoms with E-state index in [4.69, 9.17) is 21.1 Å². The molecule has 4 rings (SSSR count). The van der Waals surface area contributed by atoms with Crippen molar-refractivity contribution in [2.45, 2.75) is 75.0 Å². The van der Waals surface area contributed by atoms with Crippen molar-refractivity contribution in [3.8, 4) is 0 Å². The molecule has 0 amide bonds. The summed E-state index contributed by atoms with van der Waals surface area (Å²) in [5, 5.41) is 36.5. The lowest BCUT2D eigenvalue weighted by Crippen LogP contribution is -2.39. The average molecular weight is 522 g/mol. The van der Waals surface area contributed by atoms with Gasteiger partial charge in [-0.2, -0.15) is 15.1 Å². The van der Waals surface area contributed by atoms with Crippen molar-refractivity contribution in [3.05, 3.63) is 11.5 Å². The molecule has 1 aliphatic carbocycles. The van der Waals surface area contributed by atoms with Crippen LogP contribution >= 0.6 is 19.2 Å². The van der Waals surface area contributed by atoms with Crippen LogP contribution in [0.3, 0.4) is 0 Å². The molecule has 0 aromatic carbocycles. The summed E-state index contributed by atoms with van der Waals surface area (Å²) in [5.41, 5.74) is 0.129. The van der Waals surface area contributed by atoms with Crippen LogP contribution < -0.4 is 5.32 Å². The average Bonchev–Trinajstić information content (AvgIpc) is 3.44. The number of rotatable bonds is 8. The van der Waals surface area contributed by atoms with E-state index >= 15 is 0 Å². The Hall–Kier alpha value is -1.41. The first-order chi connectivity index (χ1) is 15.9. The molecule has 1 saturated heterocycles. The predicted octanol–water partition coefficient (Wildman–Crippen LogP) is 0.746. The Bertz CT molecular complexity index is 1090. The van der Waals surface area contributed by atoms with Gasteiger partial charge in [0.2, 0.25) is 5.28 Å². The summed E-state index contributed by atoms with van der Waals surface area (Å²) in [6.07, 6.45) is 0.405. The highest BCUT2D eigenvalue weighted by Crippen LogP contribution is 2.51. The van der Waals surface area contributed by atoms with Crippen LogP contribution in [0.1, 0.15) is 45.8 Å². The Morgan fingerprint density at radius 1 is 1.32 bits per heavy atom. The minimum atomic E-state index is -4.83. The van der Waals surface area contributed by atoms with Crippen molar-refractivity contribution in [2.75, 3.05) is 18.5 Å². The van der Waals surface area contributed by atoms with Gasteiger partial charge in [-0.3, -0.25) is 4.57 Å². The number of hydrogen-bond acceptors (Lipinski definition) is 10. The Morgan fingerprint density at radius 3 is 2.62 bits per heavy atom. The monoisotopic (exact) mass is 521 g/mol. The first-order valence-electron chi connectivity index (χ1n) is 10.9. The zero-order chi connectivity index (χ0) is 24.9. The Labute approximate surface area is 200 Å². The van der Waals surface area contributed by atoms with Gasteiger partial charge in [0.15, 0.2) is 17.2 Å². The van der Waals surface area contributed by atoms with Crippen molar-refractivity contribution >= 4 is 36.0 Å². The summed E-state index contributed by atoms with van der Waals surface area (Å²) >= 11 is 6.17. The normalized spacial score (nSPS) is 28.9. The van der Waals surface area contributed by atoms with E-state index in [0.717, 1.165) is 32.6 Å². The molecule has 190 valence electrons. The van der Waals surface area contributed by atoms with Gasteiger partial charge in [0.25, 0.3) is 0 Å². The summed E-state index contributed by atoms with van der Waals surface area (Å²) in [6, 6.07) is 0. The Morgan fingerprint density at radius 2 is 2.00 bits per heavy atom. The lowest BCUT2D eigenvalue weighted by molar-refractivity contribution is -0.104. The molecule has 1 aliphatic heterocycles. The number of halogens is 1. The molecule has 6 N–H and O–H groups in total. The van der Waals surface area contributed by atoms with E-state index < -0.39 is 50.7 Å². The van der Waals surface area contributed by atoms with Gasteiger partial charge in [0.1, 0.15) is 24.1 Å². The number of aromatic nitrogens is 4. The molecule has 1 saturated carbocycles. The molecule has 3 heterocycles. The maximum atomic E-state index is 11.7. The molecule has 0 unspecified atom stereocenters. The second-order valence-corrected chi connectivity index (χ2v) is 11.7. The molecule has 5 atom stereocenters. The molecule has 13 nitrogen and oxygen atoms in total. The van der Waals surface area contributed by atoms with Crippen LogP contribution in [0.4, 0.5) is 5.82 Å². The van der Waals surface area contributed by atoms with Crippen LogP contribution in [0, 0.1) is 0 Å². The third kappa shape index (κ3) is 4.69. The predicted molar refractivity (Wildman–Crippen MR) is 120 cm³/mol. The number of anilines is 1. The van der Waals surface area contributed by atoms with Gasteiger partial charge < -0.3 is 39.9 Å². The SMILES string of the molecule is CC1(Nc2nc(Cl)nc3c2cnn3[C@@H]2O[C@H](CO[C@@](C)(CO)P(=O)(O)O)[C@@H](O)[C@H]2O)CCCC1. The topological polar surface area (TPSA) is 192 Å². The maximum absolute atomic E-state index is 11.7. The van der Waals surface area contributed by atoms with Crippen LogP contribution in [-0.4, -0.2) is 87.3 Å². The summed E-state index contributed by atoms with van der Waals surface area (Å²) in [4.78, 5) is 27.4. The molecule has 34 heavy (non-hydrogen) atoms. The highest BCUT2D eigenvalue weighted by atomic mass is 35.5. The minimum Gasteiger partial charge on any atom is -0.393 e. The standard InChI is InChI=1S/C19H29ClN5O8P/c1-18(5-3-4-6-18)24-14-10-7-21-25(15(10)23-17(20)22-14)16-13(28)12(27)11(33-16)8-32-19(2,9-26)34(29,30)31/h7,11-13,16,26-28H,3-6,8-9H2,1-2H3,(H,22,23,24)(H2,29,30,31)/t11-,12-,13-,16-,19-/m1/s1. The number of aliphatic hydroxyl groups excluding tert-OH is 3. The van der Waals surface area contributed by atoms with Gasteiger partial charge in [-0.25, -0.2) is 4.68 Å². The van der Waals surface area contributed by atoms with Gasteiger partial charge in [-0.05, 0) is 38.3 Å². The van der Waals surface area contributed by atoms with Crippen LogP contribution in [0.15, 0.2) is 6.20 Å². The molecule has 15 heteroatoms. The second-order valence-electron chi connectivity index (χ2n) is 9.29. The van der Waals surface area contributed by atoms with Crippen molar-refractivity contribution in [2.24, 2.45) is 0 Å². The van der Waals surface area contributed by atoms with Crippen LogP contribution in [0.2, 0.25) is 5.28 Å². The van der Waals surface area contributed by atoms with E-state index in [-0.39, 0.29) is 16.5 Å². The highest BCUT2D eigenvalue weighted by Gasteiger charge is 2.48. The quantitative estimate of drug-likeness (QED) is 0.211. The molecular formula is C19H29ClN5O8P. The first kappa shape index (κ1) is 25.7. The minimum absolute atomic E-state index is 0.0355. The van der Waals surface area contributed by atoms with E-state index in [1.165, 1.54) is 10.9 Å². The highest BCUT2D eigenvalue weighted by molar-refractivity contribution is 7.53. The smallest absolute Gasteiger partial charge is 0.359 e. The third-order valence-electron chi connectivity index (χ3n) is 6.60. The van der Waals surface area contributed by atoms with Crippen LogP contribution in [0.5, 0.6) is 0 Å². The molecule has 2 aromatic heterocycles. The number of hydrogen-bond donors (Lipinski definition) is 6. The van der Waals surface area contributed by atoms with Gasteiger partial charge in [-0.15, -0.1) is 0 Å². The second kappa shape index (κ2) is 9.23. The van der Waals surface area contributed by atoms with E-state index in [9.17, 15) is 29.7 Å². The summed E-state index contributed by atoms with van der Waals surface area (Å²) < 4.78 is 23.9. The van der Waals surface area contributed by atoms with Gasteiger partial charge >= 0.3 is 7.60 Å². The van der Waals surface area contributed by atoms with Crippen molar-refractivity contribution in [3.63, 3.8) is 0 Å². The lowest BCUT2D eigenvalue weighted by atomic mass is 10.0. The number of ether oxygens (including phenoxy) is 2. The Kier molecular flexibility index (Phi) is 6.97. The zero-order valence-corrected chi connectivity index (χ0v) is 20.4. The van der Waals surface area contributed by atoms with Crippen LogP contribution in [-0.2, 0) is 14.0 Å². The van der Waals surface area contributed by atoms with Gasteiger partial charge in [0, 0.05) is 5.54 Å². The van der Waals surface area contributed by atoms with Crippen molar-refractivity contribution in [1.82, 2.24) is 19.7 Å². The summed E-state index contributed by atoms with van der Waals surface area (Å²) in [7, 11) is -4.83. The van der Waals surface area contributed by atoms with E-state index in [1.54, 1.807) is 0 Å². The van der Waals surface area contributed by atoms with E-state index in [1.807, 2.05) is 0 Å². The fourth-order valence-electron chi connectivity index (χ4n) is 4.30. The first-order valence-corrected chi connectivity index (χ1v) is 12.9. The van der Waals surface area contributed by atoms with Gasteiger partial charge in [-0.1, -0.05) is 12.8 Å².